The molecule has 0 bridgehead atoms. The van der Waals surface area contributed by atoms with Crippen molar-refractivity contribution in [3.05, 3.63) is 0 Å². The Labute approximate surface area is 132 Å². The fourth-order valence-electron chi connectivity index (χ4n) is 2.70. The highest BCUT2D eigenvalue weighted by Gasteiger charge is 2.20. The molecule has 0 spiro atoms. The third-order valence-corrected chi connectivity index (χ3v) is 4.01. The van der Waals surface area contributed by atoms with Crippen molar-refractivity contribution in [1.82, 2.24) is 0 Å². The lowest BCUT2D eigenvalue weighted by molar-refractivity contribution is -0.143. The maximum absolute atomic E-state index is 10.4. The van der Waals surface area contributed by atoms with Gasteiger partial charge in [-0.15, -0.1) is 0 Å². The van der Waals surface area contributed by atoms with Crippen LogP contribution >= 0.6 is 0 Å². The monoisotopic (exact) mass is 318 g/mol. The fourth-order valence-corrected chi connectivity index (χ4v) is 2.70. The zero-order valence-electron chi connectivity index (χ0n) is 13.2. The smallest absolute Gasteiger partial charge is 0.306 e. The standard InChI is InChI=1S/2C7H12O2.C2H6O2/c2*8-7(9)6-4-2-1-3-5-6;3-1-2-4/h2*6H,1-5H2,(H,8,9);3-4H,1-2H2. The van der Waals surface area contributed by atoms with Crippen molar-refractivity contribution in [2.75, 3.05) is 13.2 Å². The van der Waals surface area contributed by atoms with Gasteiger partial charge in [-0.25, -0.2) is 0 Å². The zero-order chi connectivity index (χ0) is 16.8. The predicted molar refractivity (Wildman–Crippen MR) is 82.6 cm³/mol. The number of carboxylic acids is 2. The van der Waals surface area contributed by atoms with E-state index in [2.05, 4.69) is 0 Å². The number of rotatable bonds is 3. The molecule has 4 N–H and O–H groups in total. The molecular formula is C16H30O6. The van der Waals surface area contributed by atoms with Crippen LogP contribution in [0.15, 0.2) is 0 Å². The van der Waals surface area contributed by atoms with E-state index in [-0.39, 0.29) is 25.0 Å². The molecule has 0 aromatic rings. The summed E-state index contributed by atoms with van der Waals surface area (Å²) < 4.78 is 0. The van der Waals surface area contributed by atoms with Gasteiger partial charge in [-0.05, 0) is 25.7 Å². The highest BCUT2D eigenvalue weighted by molar-refractivity contribution is 5.70. The van der Waals surface area contributed by atoms with Crippen LogP contribution in [0.4, 0.5) is 0 Å². The molecule has 6 nitrogen and oxygen atoms in total. The Kier molecular flexibility index (Phi) is 12.8. The number of aliphatic carboxylic acids is 2. The van der Waals surface area contributed by atoms with Crippen LogP contribution in [0.5, 0.6) is 0 Å². The first-order chi connectivity index (χ1) is 10.5. The van der Waals surface area contributed by atoms with Gasteiger partial charge in [-0.3, -0.25) is 9.59 Å². The summed E-state index contributed by atoms with van der Waals surface area (Å²) >= 11 is 0. The van der Waals surface area contributed by atoms with Gasteiger partial charge in [0.05, 0.1) is 25.0 Å². The molecule has 0 aromatic carbocycles. The van der Waals surface area contributed by atoms with Crippen molar-refractivity contribution < 1.29 is 30.0 Å². The molecule has 0 heterocycles. The molecule has 130 valence electrons. The minimum atomic E-state index is -0.602. The molecule has 6 heteroatoms. The van der Waals surface area contributed by atoms with Gasteiger partial charge in [0.25, 0.3) is 0 Å². The van der Waals surface area contributed by atoms with Gasteiger partial charge in [-0.2, -0.15) is 0 Å². The van der Waals surface area contributed by atoms with Gasteiger partial charge in [0.15, 0.2) is 0 Å². The Hall–Kier alpha value is -1.14. The van der Waals surface area contributed by atoms with E-state index < -0.39 is 11.9 Å². The summed E-state index contributed by atoms with van der Waals surface area (Å²) in [6.07, 6.45) is 10.5. The Balaban J connectivity index is 0.000000326. The molecule has 0 unspecified atom stereocenters. The molecule has 2 aliphatic carbocycles. The molecule has 0 radical (unpaired) electrons. The summed E-state index contributed by atoms with van der Waals surface area (Å²) in [5.41, 5.74) is 0. The van der Waals surface area contributed by atoms with Crippen LogP contribution in [0.25, 0.3) is 0 Å². The first-order valence-corrected chi connectivity index (χ1v) is 8.20. The summed E-state index contributed by atoms with van der Waals surface area (Å²) in [7, 11) is 0. The summed E-state index contributed by atoms with van der Waals surface area (Å²) in [5.74, 6) is -1.26. The van der Waals surface area contributed by atoms with E-state index in [1.54, 1.807) is 0 Å². The lowest BCUT2D eigenvalue weighted by Crippen LogP contribution is -2.16. The predicted octanol–water partition coefficient (Wildman–Crippen LogP) is 2.27. The third kappa shape index (κ3) is 10.6. The topological polar surface area (TPSA) is 115 Å². The van der Waals surface area contributed by atoms with E-state index in [1.165, 1.54) is 12.8 Å². The van der Waals surface area contributed by atoms with Gasteiger partial charge >= 0.3 is 11.9 Å². The van der Waals surface area contributed by atoms with Gasteiger partial charge in [0.1, 0.15) is 0 Å². The number of aliphatic hydroxyl groups excluding tert-OH is 2. The molecule has 0 saturated heterocycles. The van der Waals surface area contributed by atoms with Crippen LogP contribution in [0.3, 0.4) is 0 Å². The summed E-state index contributed by atoms with van der Waals surface area (Å²) in [4.78, 5) is 20.7. The fraction of sp³-hybridized carbons (Fsp3) is 0.875. The van der Waals surface area contributed by atoms with E-state index >= 15 is 0 Å². The molecule has 2 rings (SSSR count). The van der Waals surface area contributed by atoms with Crippen LogP contribution in [0.2, 0.25) is 0 Å². The average molecular weight is 318 g/mol. The van der Waals surface area contributed by atoms with Gasteiger partial charge < -0.3 is 20.4 Å². The second-order valence-corrected chi connectivity index (χ2v) is 5.79. The van der Waals surface area contributed by atoms with E-state index in [0.717, 1.165) is 51.4 Å². The number of hydrogen-bond acceptors (Lipinski definition) is 4. The molecule has 0 aliphatic heterocycles. The molecule has 0 aromatic heterocycles. The number of carbonyl (C=O) groups is 2. The molecule has 0 amide bonds. The highest BCUT2D eigenvalue weighted by Crippen LogP contribution is 2.23. The van der Waals surface area contributed by atoms with Crippen molar-refractivity contribution in [3.63, 3.8) is 0 Å². The van der Waals surface area contributed by atoms with Crippen LogP contribution in [0.1, 0.15) is 64.2 Å². The first-order valence-electron chi connectivity index (χ1n) is 8.20. The molecule has 22 heavy (non-hydrogen) atoms. The van der Waals surface area contributed by atoms with Crippen LogP contribution in [-0.4, -0.2) is 45.6 Å². The number of carboxylic acid groups (broad SMARTS) is 2. The minimum Gasteiger partial charge on any atom is -0.481 e. The second-order valence-electron chi connectivity index (χ2n) is 5.79. The summed E-state index contributed by atoms with van der Waals surface area (Å²) in [5, 5.41) is 32.3. The van der Waals surface area contributed by atoms with Crippen LogP contribution < -0.4 is 0 Å². The van der Waals surface area contributed by atoms with E-state index in [1.807, 2.05) is 0 Å². The first kappa shape index (κ1) is 20.9. The van der Waals surface area contributed by atoms with Crippen molar-refractivity contribution in [2.45, 2.75) is 64.2 Å². The van der Waals surface area contributed by atoms with Crippen molar-refractivity contribution in [2.24, 2.45) is 11.8 Å². The third-order valence-electron chi connectivity index (χ3n) is 4.01. The van der Waals surface area contributed by atoms with Crippen molar-refractivity contribution >= 4 is 11.9 Å². The number of aliphatic hydroxyl groups is 2. The lowest BCUT2D eigenvalue weighted by Gasteiger charge is -2.16. The van der Waals surface area contributed by atoms with Crippen molar-refractivity contribution in [3.8, 4) is 0 Å². The van der Waals surface area contributed by atoms with Crippen LogP contribution in [0, 0.1) is 11.8 Å². The van der Waals surface area contributed by atoms with E-state index in [4.69, 9.17) is 20.4 Å². The van der Waals surface area contributed by atoms with Crippen LogP contribution in [-0.2, 0) is 9.59 Å². The lowest BCUT2D eigenvalue weighted by atomic mass is 9.90. The normalized spacial score (nSPS) is 19.2. The molecular weight excluding hydrogens is 288 g/mol. The maximum atomic E-state index is 10.4. The number of hydrogen-bond donors (Lipinski definition) is 4. The Morgan fingerprint density at radius 2 is 0.909 bits per heavy atom. The molecule has 2 fully saturated rings. The molecule has 2 aliphatic rings. The minimum absolute atomic E-state index is 0.0289. The van der Waals surface area contributed by atoms with E-state index in [0.29, 0.717) is 0 Å². The van der Waals surface area contributed by atoms with Crippen molar-refractivity contribution in [1.29, 1.82) is 0 Å². The van der Waals surface area contributed by atoms with Gasteiger partial charge in [0.2, 0.25) is 0 Å². The van der Waals surface area contributed by atoms with E-state index in [9.17, 15) is 9.59 Å². The molecule has 2 saturated carbocycles. The second kappa shape index (κ2) is 13.5. The van der Waals surface area contributed by atoms with Gasteiger partial charge in [-0.1, -0.05) is 38.5 Å². The highest BCUT2D eigenvalue weighted by atomic mass is 16.4. The molecule has 0 atom stereocenters. The Morgan fingerprint density at radius 1 is 0.636 bits per heavy atom. The maximum Gasteiger partial charge on any atom is 0.306 e. The Morgan fingerprint density at radius 3 is 1.05 bits per heavy atom. The summed E-state index contributed by atoms with van der Waals surface area (Å²) in [6.45, 7) is -0.250. The zero-order valence-corrected chi connectivity index (χ0v) is 13.2. The Bertz CT molecular complexity index is 263. The van der Waals surface area contributed by atoms with Gasteiger partial charge in [0, 0.05) is 0 Å². The largest absolute Gasteiger partial charge is 0.481 e. The summed E-state index contributed by atoms with van der Waals surface area (Å²) in [6, 6.07) is 0. The SMILES string of the molecule is O=C(O)C1CCCCC1.O=C(O)C1CCCCC1.OCCO. The average Bonchev–Trinajstić information content (AvgIpc) is 2.57. The quantitative estimate of drug-likeness (QED) is 0.634.